The summed E-state index contributed by atoms with van der Waals surface area (Å²) in [5.41, 5.74) is 1.20. The maximum atomic E-state index is 9.76. The number of thioether (sulfide) groups is 1. The quantitative estimate of drug-likeness (QED) is 0.881. The fourth-order valence-electron chi connectivity index (χ4n) is 1.47. The molecular formula is C13H16ClN3OS. The molecule has 2 rings (SSSR count). The molecule has 2 aromatic rings. The molecule has 0 saturated carbocycles. The fraction of sp³-hybridized carbons (Fsp3) is 0.385. The van der Waals surface area contributed by atoms with Crippen LogP contribution in [0.15, 0.2) is 29.7 Å². The Morgan fingerprint density at radius 1 is 1.42 bits per heavy atom. The van der Waals surface area contributed by atoms with Gasteiger partial charge in [0.05, 0.1) is 11.3 Å². The van der Waals surface area contributed by atoms with Crippen molar-refractivity contribution in [1.82, 2.24) is 14.8 Å². The molecule has 19 heavy (non-hydrogen) atoms. The number of aryl methyl sites for hydroxylation is 1. The molecule has 0 aliphatic carbocycles. The average molecular weight is 298 g/mol. The van der Waals surface area contributed by atoms with E-state index >= 15 is 0 Å². The van der Waals surface area contributed by atoms with Crippen molar-refractivity contribution in [3.63, 3.8) is 0 Å². The largest absolute Gasteiger partial charge is 0.390 e. The molecular weight excluding hydrogens is 282 g/mol. The number of rotatable bonds is 4. The van der Waals surface area contributed by atoms with E-state index in [0.717, 1.165) is 16.4 Å². The predicted molar refractivity (Wildman–Crippen MR) is 78.1 cm³/mol. The Hall–Kier alpha value is -1.04. The van der Waals surface area contributed by atoms with E-state index in [4.69, 9.17) is 11.6 Å². The van der Waals surface area contributed by atoms with Crippen LogP contribution in [0, 0.1) is 6.92 Å². The number of halogens is 1. The Kier molecular flexibility index (Phi) is 4.18. The van der Waals surface area contributed by atoms with Gasteiger partial charge in [0.25, 0.3) is 0 Å². The van der Waals surface area contributed by atoms with Crippen LogP contribution < -0.4 is 0 Å². The third-order valence-corrected chi connectivity index (χ3v) is 4.30. The third-order valence-electron chi connectivity index (χ3n) is 2.50. The lowest BCUT2D eigenvalue weighted by Crippen LogP contribution is -2.22. The van der Waals surface area contributed by atoms with Crippen molar-refractivity contribution >= 4 is 23.4 Å². The minimum Gasteiger partial charge on any atom is -0.390 e. The van der Waals surface area contributed by atoms with Gasteiger partial charge in [-0.1, -0.05) is 29.4 Å². The SMILES string of the molecule is Cc1ccc(-n2cnnc2SCC(C)(C)O)cc1Cl. The van der Waals surface area contributed by atoms with Crippen LogP contribution in [0.4, 0.5) is 0 Å². The number of hydrogen-bond acceptors (Lipinski definition) is 4. The van der Waals surface area contributed by atoms with Crippen molar-refractivity contribution in [1.29, 1.82) is 0 Å². The zero-order chi connectivity index (χ0) is 14.0. The van der Waals surface area contributed by atoms with E-state index in [2.05, 4.69) is 10.2 Å². The van der Waals surface area contributed by atoms with Crippen molar-refractivity contribution in [2.45, 2.75) is 31.5 Å². The average Bonchev–Trinajstić information content (AvgIpc) is 2.77. The van der Waals surface area contributed by atoms with Gasteiger partial charge in [-0.3, -0.25) is 4.57 Å². The van der Waals surface area contributed by atoms with Crippen molar-refractivity contribution in [3.8, 4) is 5.69 Å². The van der Waals surface area contributed by atoms with Crippen LogP contribution in [0.5, 0.6) is 0 Å². The summed E-state index contributed by atoms with van der Waals surface area (Å²) in [6, 6.07) is 5.81. The normalized spacial score (nSPS) is 11.8. The Morgan fingerprint density at radius 3 is 2.79 bits per heavy atom. The van der Waals surface area contributed by atoms with Crippen LogP contribution in [0.25, 0.3) is 5.69 Å². The highest BCUT2D eigenvalue weighted by atomic mass is 35.5. The summed E-state index contributed by atoms with van der Waals surface area (Å²) in [4.78, 5) is 0. The van der Waals surface area contributed by atoms with Gasteiger partial charge in [-0.15, -0.1) is 10.2 Å². The molecule has 0 aliphatic rings. The molecule has 0 radical (unpaired) electrons. The second-order valence-electron chi connectivity index (χ2n) is 5.02. The van der Waals surface area contributed by atoms with Gasteiger partial charge in [-0.25, -0.2) is 0 Å². The van der Waals surface area contributed by atoms with Crippen molar-refractivity contribution in [2.24, 2.45) is 0 Å². The lowest BCUT2D eigenvalue weighted by molar-refractivity contribution is 0.107. The second kappa shape index (κ2) is 5.53. The molecule has 1 aromatic heterocycles. The van der Waals surface area contributed by atoms with E-state index in [9.17, 15) is 5.11 Å². The first-order valence-corrected chi connectivity index (χ1v) is 7.25. The molecule has 0 bridgehead atoms. The standard InChI is InChI=1S/C13H16ClN3OS/c1-9-4-5-10(6-11(9)14)17-8-15-16-12(17)19-7-13(2,3)18/h4-6,8,18H,7H2,1-3H3. The lowest BCUT2D eigenvalue weighted by atomic mass is 10.2. The minimum atomic E-state index is -0.744. The van der Waals surface area contributed by atoms with Crippen LogP contribution in [0.1, 0.15) is 19.4 Å². The van der Waals surface area contributed by atoms with Crippen LogP contribution >= 0.6 is 23.4 Å². The first kappa shape index (κ1) is 14.4. The van der Waals surface area contributed by atoms with E-state index in [1.165, 1.54) is 11.8 Å². The smallest absolute Gasteiger partial charge is 0.195 e. The number of nitrogens with zero attached hydrogens (tertiary/aromatic N) is 3. The number of aliphatic hydroxyl groups is 1. The topological polar surface area (TPSA) is 50.9 Å². The molecule has 6 heteroatoms. The van der Waals surface area contributed by atoms with Crippen LogP contribution in [0.3, 0.4) is 0 Å². The highest BCUT2D eigenvalue weighted by Gasteiger charge is 2.16. The molecule has 1 heterocycles. The van der Waals surface area contributed by atoms with Gasteiger partial charge >= 0.3 is 0 Å². The number of benzene rings is 1. The summed E-state index contributed by atoms with van der Waals surface area (Å²) < 4.78 is 1.86. The zero-order valence-corrected chi connectivity index (χ0v) is 12.7. The van der Waals surface area contributed by atoms with Crippen LogP contribution in [0.2, 0.25) is 5.02 Å². The molecule has 4 nitrogen and oxygen atoms in total. The van der Waals surface area contributed by atoms with Gasteiger partial charge in [0.1, 0.15) is 6.33 Å². The molecule has 1 N–H and O–H groups in total. The van der Waals surface area contributed by atoms with Crippen molar-refractivity contribution in [2.75, 3.05) is 5.75 Å². The van der Waals surface area contributed by atoms with E-state index in [0.29, 0.717) is 10.8 Å². The molecule has 0 saturated heterocycles. The van der Waals surface area contributed by atoms with Crippen molar-refractivity contribution in [3.05, 3.63) is 35.1 Å². The first-order chi connectivity index (χ1) is 8.87. The second-order valence-corrected chi connectivity index (χ2v) is 6.37. The summed E-state index contributed by atoms with van der Waals surface area (Å²) in [5.74, 6) is 0.547. The fourth-order valence-corrected chi connectivity index (χ4v) is 2.53. The van der Waals surface area contributed by atoms with Gasteiger partial charge in [-0.05, 0) is 38.5 Å². The van der Waals surface area contributed by atoms with Crippen molar-refractivity contribution < 1.29 is 5.11 Å². The Morgan fingerprint density at radius 2 is 2.16 bits per heavy atom. The molecule has 0 atom stereocenters. The highest BCUT2D eigenvalue weighted by molar-refractivity contribution is 7.99. The summed E-state index contributed by atoms with van der Waals surface area (Å²) in [6.07, 6.45) is 1.65. The molecule has 1 aromatic carbocycles. The number of hydrogen-bond donors (Lipinski definition) is 1. The van der Waals surface area contributed by atoms with Crippen LogP contribution in [-0.4, -0.2) is 31.2 Å². The summed E-state index contributed by atoms with van der Waals surface area (Å²) in [6.45, 7) is 5.50. The summed E-state index contributed by atoms with van der Waals surface area (Å²) in [5, 5.41) is 19.2. The highest BCUT2D eigenvalue weighted by Crippen LogP contribution is 2.25. The van der Waals surface area contributed by atoms with Crippen LogP contribution in [-0.2, 0) is 0 Å². The molecule has 0 spiro atoms. The van der Waals surface area contributed by atoms with E-state index in [1.807, 2.05) is 29.7 Å². The maximum absolute atomic E-state index is 9.76. The minimum absolute atomic E-state index is 0.547. The Balaban J connectivity index is 2.26. The van der Waals surface area contributed by atoms with Gasteiger partial charge < -0.3 is 5.11 Å². The van der Waals surface area contributed by atoms with Gasteiger partial charge in [0.15, 0.2) is 5.16 Å². The van der Waals surface area contributed by atoms with E-state index in [1.54, 1.807) is 20.2 Å². The molecule has 0 aliphatic heterocycles. The molecule has 0 fully saturated rings. The predicted octanol–water partition coefficient (Wildman–Crippen LogP) is 3.09. The first-order valence-electron chi connectivity index (χ1n) is 5.88. The Bertz CT molecular complexity index is 578. The molecule has 0 unspecified atom stereocenters. The summed E-state index contributed by atoms with van der Waals surface area (Å²) in [7, 11) is 0. The number of aromatic nitrogens is 3. The third kappa shape index (κ3) is 3.72. The Labute approximate surface area is 121 Å². The van der Waals surface area contributed by atoms with E-state index < -0.39 is 5.60 Å². The van der Waals surface area contributed by atoms with Gasteiger partial charge in [0, 0.05) is 10.8 Å². The maximum Gasteiger partial charge on any atom is 0.195 e. The van der Waals surface area contributed by atoms with Gasteiger partial charge in [-0.2, -0.15) is 0 Å². The monoisotopic (exact) mass is 297 g/mol. The molecule has 0 amide bonds. The lowest BCUT2D eigenvalue weighted by Gasteiger charge is -2.16. The van der Waals surface area contributed by atoms with Gasteiger partial charge in [0.2, 0.25) is 0 Å². The zero-order valence-electron chi connectivity index (χ0n) is 11.1. The molecule has 102 valence electrons. The summed E-state index contributed by atoms with van der Waals surface area (Å²) >= 11 is 7.59. The van der Waals surface area contributed by atoms with E-state index in [-0.39, 0.29) is 0 Å².